The van der Waals surface area contributed by atoms with Crippen molar-refractivity contribution in [3.63, 3.8) is 0 Å². The van der Waals surface area contributed by atoms with Crippen LogP contribution in [0.4, 0.5) is 0 Å². The Hall–Kier alpha value is -3.36. The fourth-order valence-corrected chi connectivity index (χ4v) is 7.63. The smallest absolute Gasteiger partial charge is 0.373 e. The van der Waals surface area contributed by atoms with E-state index in [0.29, 0.717) is 17.8 Å². The number of aliphatic hydroxyl groups is 2. The number of nitrogens with zero attached hydrogens (tertiary/aromatic N) is 2. The summed E-state index contributed by atoms with van der Waals surface area (Å²) in [5.74, 6) is 0.298. The Balaban J connectivity index is 0.00000124. The summed E-state index contributed by atoms with van der Waals surface area (Å²) in [6, 6.07) is -0.132. The molecule has 0 aromatic heterocycles. The van der Waals surface area contributed by atoms with E-state index in [1.165, 1.54) is 0 Å². The molecular weight excluding hydrogens is 524 g/mol. The van der Waals surface area contributed by atoms with Crippen molar-refractivity contribution in [2.24, 2.45) is 22.7 Å². The molecule has 0 aromatic carbocycles. The number of carbonyl (C=O) groups excluding carboxylic acids is 4. The lowest BCUT2D eigenvalue weighted by Crippen LogP contribution is -2.57. The minimum absolute atomic E-state index is 0.0342. The number of fused-ring (bicyclic) bond motifs is 2. The predicted molar refractivity (Wildman–Crippen MR) is 150 cm³/mol. The molecule has 1 saturated heterocycles. The van der Waals surface area contributed by atoms with Gasteiger partial charge in [0.15, 0.2) is 0 Å². The Kier molecular flexibility index (Phi) is 8.85. The highest BCUT2D eigenvalue weighted by Gasteiger charge is 2.57. The molecule has 7 atom stereocenters. The van der Waals surface area contributed by atoms with E-state index in [0.717, 1.165) is 36.8 Å². The Morgan fingerprint density at radius 3 is 2.61 bits per heavy atom. The summed E-state index contributed by atoms with van der Waals surface area (Å²) >= 11 is 0. The zero-order valence-electron chi connectivity index (χ0n) is 24.2. The summed E-state index contributed by atoms with van der Waals surface area (Å²) in [6.07, 6.45) is 16.8. The number of likely N-dealkylation sites (N-methyl/N-ethyl adjacent to an activating group) is 1. The number of allylic oxidation sites excluding steroid dienone is 6. The number of hydrogen-bond donors (Lipinski definition) is 2. The first-order chi connectivity index (χ1) is 19.4. The van der Waals surface area contributed by atoms with Crippen molar-refractivity contribution < 1.29 is 34.1 Å². The second-order valence-corrected chi connectivity index (χ2v) is 12.2. The number of hydrogen-bond acceptors (Lipinski definition) is 8. The van der Waals surface area contributed by atoms with Crippen LogP contribution < -0.4 is 0 Å². The quantitative estimate of drug-likeness (QED) is 0.385. The van der Waals surface area contributed by atoms with E-state index in [2.05, 4.69) is 24.5 Å². The van der Waals surface area contributed by atoms with Crippen LogP contribution in [-0.4, -0.2) is 70.0 Å². The van der Waals surface area contributed by atoms with Crippen molar-refractivity contribution >= 4 is 18.0 Å². The Bertz CT molecular complexity index is 1290. The molecule has 2 aliphatic carbocycles. The average Bonchev–Trinajstić information content (AvgIpc) is 3.40. The third-order valence-corrected chi connectivity index (χ3v) is 9.95. The molecule has 4 unspecified atom stereocenters. The summed E-state index contributed by atoms with van der Waals surface area (Å²) in [6.45, 7) is 10.5. The van der Waals surface area contributed by atoms with E-state index in [1.807, 2.05) is 45.3 Å². The van der Waals surface area contributed by atoms with Crippen molar-refractivity contribution in [3.05, 3.63) is 71.7 Å². The molecule has 2 saturated carbocycles. The van der Waals surface area contributed by atoms with E-state index >= 15 is 0 Å². The molecule has 3 fully saturated rings. The van der Waals surface area contributed by atoms with Crippen molar-refractivity contribution in [2.45, 2.75) is 71.2 Å². The topological polar surface area (TPSA) is 124 Å². The number of cyclic esters (lactones) is 1. The van der Waals surface area contributed by atoms with Crippen molar-refractivity contribution in [3.8, 4) is 0 Å². The molecule has 0 spiro atoms. The number of aliphatic hydroxyl groups excluding tert-OH is 2. The van der Waals surface area contributed by atoms with Crippen LogP contribution in [0.1, 0.15) is 52.9 Å². The average molecular weight is 565 g/mol. The molecule has 220 valence electrons. The molecular formula is C32H40N2O7. The van der Waals surface area contributed by atoms with Crippen LogP contribution in [0, 0.1) is 22.7 Å². The van der Waals surface area contributed by atoms with Crippen molar-refractivity contribution in [2.75, 3.05) is 13.7 Å². The largest absolute Gasteiger partial charge is 0.423 e. The molecule has 41 heavy (non-hydrogen) atoms. The molecule has 5 rings (SSSR count). The molecule has 5 aliphatic rings. The van der Waals surface area contributed by atoms with Gasteiger partial charge in [-0.3, -0.25) is 14.6 Å². The van der Waals surface area contributed by atoms with Gasteiger partial charge in [0.05, 0.1) is 24.3 Å². The van der Waals surface area contributed by atoms with Gasteiger partial charge >= 0.3 is 12.1 Å². The minimum Gasteiger partial charge on any atom is -0.423 e. The highest BCUT2D eigenvalue weighted by Crippen LogP contribution is 2.61. The maximum Gasteiger partial charge on any atom is 0.373 e. The first-order valence-electron chi connectivity index (χ1n) is 14.2. The van der Waals surface area contributed by atoms with Gasteiger partial charge in [0.1, 0.15) is 11.9 Å². The van der Waals surface area contributed by atoms with Gasteiger partial charge in [-0.15, -0.1) is 0 Å². The van der Waals surface area contributed by atoms with Gasteiger partial charge in [-0.05, 0) is 74.3 Å². The summed E-state index contributed by atoms with van der Waals surface area (Å²) in [7, 11) is 1.96. The first-order valence-corrected chi connectivity index (χ1v) is 14.2. The zero-order valence-corrected chi connectivity index (χ0v) is 24.2. The van der Waals surface area contributed by atoms with Gasteiger partial charge in [0.2, 0.25) is 5.91 Å². The van der Waals surface area contributed by atoms with Gasteiger partial charge in [-0.1, -0.05) is 51.2 Å². The molecule has 0 bridgehead atoms. The number of esters is 1. The SMILES string of the molecule is C=C1CCC2[C@](C)(CC[C@@H](O)[C@@]2(C)CO)C1/C=C/C1=CC(=C\C2=CN3C(=O)C(CC)N(C)C3C=C2)/OC1=O.O=C=O. The van der Waals surface area contributed by atoms with E-state index in [9.17, 15) is 19.8 Å². The van der Waals surface area contributed by atoms with Crippen LogP contribution in [-0.2, 0) is 23.9 Å². The fraction of sp³-hybridized carbons (Fsp3) is 0.531. The minimum atomic E-state index is -0.551. The molecule has 0 radical (unpaired) electrons. The molecule has 3 heterocycles. The van der Waals surface area contributed by atoms with Crippen LogP contribution >= 0.6 is 0 Å². The van der Waals surface area contributed by atoms with Gasteiger partial charge in [-0.25, -0.2) is 4.79 Å². The van der Waals surface area contributed by atoms with E-state index in [1.54, 1.807) is 17.1 Å². The summed E-state index contributed by atoms with van der Waals surface area (Å²) in [4.78, 5) is 45.6. The van der Waals surface area contributed by atoms with Crippen molar-refractivity contribution in [1.29, 1.82) is 0 Å². The number of carbonyl (C=O) groups is 2. The highest BCUT2D eigenvalue weighted by atomic mass is 16.5. The second-order valence-electron chi connectivity index (χ2n) is 12.2. The maximum atomic E-state index is 12.8. The van der Waals surface area contributed by atoms with E-state index in [-0.39, 0.29) is 48.1 Å². The zero-order chi connectivity index (χ0) is 30.1. The van der Waals surface area contributed by atoms with Gasteiger partial charge < -0.3 is 14.9 Å². The lowest BCUT2D eigenvalue weighted by molar-refractivity contribution is -0.191. The molecule has 3 aliphatic heterocycles. The summed E-state index contributed by atoms with van der Waals surface area (Å²) in [5, 5.41) is 20.9. The van der Waals surface area contributed by atoms with Crippen LogP contribution in [0.2, 0.25) is 0 Å². The second kappa shape index (κ2) is 11.9. The predicted octanol–water partition coefficient (Wildman–Crippen LogP) is 3.40. The summed E-state index contributed by atoms with van der Waals surface area (Å²) < 4.78 is 5.54. The Labute approximate surface area is 241 Å². The normalized spacial score (nSPS) is 37.7. The Morgan fingerprint density at radius 2 is 1.95 bits per heavy atom. The lowest BCUT2D eigenvalue weighted by atomic mass is 9.46. The van der Waals surface area contributed by atoms with Crippen molar-refractivity contribution in [1.82, 2.24) is 9.80 Å². The molecule has 9 nitrogen and oxygen atoms in total. The first kappa shape index (κ1) is 30.6. The summed E-state index contributed by atoms with van der Waals surface area (Å²) in [5.41, 5.74) is 1.67. The van der Waals surface area contributed by atoms with E-state index in [4.69, 9.17) is 14.3 Å². The monoisotopic (exact) mass is 564 g/mol. The number of rotatable bonds is 5. The van der Waals surface area contributed by atoms with Crippen LogP contribution in [0.25, 0.3) is 0 Å². The Morgan fingerprint density at radius 1 is 1.24 bits per heavy atom. The van der Waals surface area contributed by atoms with E-state index < -0.39 is 17.5 Å². The molecule has 0 aromatic rings. The third-order valence-electron chi connectivity index (χ3n) is 9.95. The fourth-order valence-electron chi connectivity index (χ4n) is 7.63. The van der Waals surface area contributed by atoms with Gasteiger partial charge in [-0.2, -0.15) is 9.59 Å². The van der Waals surface area contributed by atoms with Gasteiger partial charge in [0, 0.05) is 17.5 Å². The molecule has 2 N–H and O–H groups in total. The van der Waals surface area contributed by atoms with Crippen LogP contribution in [0.15, 0.2) is 71.7 Å². The highest BCUT2D eigenvalue weighted by molar-refractivity contribution is 5.95. The molecule has 9 heteroatoms. The van der Waals surface area contributed by atoms with Crippen LogP contribution in [0.3, 0.4) is 0 Å². The lowest BCUT2D eigenvalue weighted by Gasteiger charge is -2.59. The van der Waals surface area contributed by atoms with Gasteiger partial charge in [0.25, 0.3) is 0 Å². The maximum absolute atomic E-state index is 12.8. The number of ether oxygens (including phenoxy) is 1. The van der Waals surface area contributed by atoms with Crippen LogP contribution in [0.5, 0.6) is 0 Å². The third kappa shape index (κ3) is 5.35. The number of amides is 1. The molecule has 1 amide bonds. The standard InChI is InChI=1S/C31H40N2O5.CO2/c1-6-24-28(36)33-17-20(8-12-27(33)32(24)5)15-22-16-21(29(37)38-22)9-10-23-19(2)7-11-25-30(23,3)14-13-26(35)31(25,4)18-34;2-1-3/h8-10,12,15-17,23-27,34-35H,2,6-7,11,13-14,18H2,1,3-5H3;/b10-9+,22-15+;/t23?,24?,25?,26-,27?,30-,31+;/m1./s1.